The van der Waals surface area contributed by atoms with Crippen molar-refractivity contribution in [2.75, 3.05) is 0 Å². The monoisotopic (exact) mass is 313 g/mol. The first-order valence-corrected chi connectivity index (χ1v) is 8.64. The van der Waals surface area contributed by atoms with Gasteiger partial charge in [-0.15, -0.1) is 5.10 Å². The Morgan fingerprint density at radius 2 is 1.55 bits per heavy atom. The highest BCUT2D eigenvalue weighted by molar-refractivity contribution is 7.89. The average Bonchev–Trinajstić information content (AvgIpc) is 2.96. The van der Waals surface area contributed by atoms with Gasteiger partial charge in [0.1, 0.15) is 5.88 Å². The lowest BCUT2D eigenvalue weighted by Gasteiger charge is -2.08. The molecule has 1 heterocycles. The van der Waals surface area contributed by atoms with Gasteiger partial charge in [0.05, 0.1) is 17.6 Å². The molecule has 0 N–H and O–H groups in total. The minimum atomic E-state index is -3.33. The Labute approximate surface area is 129 Å². The summed E-state index contributed by atoms with van der Waals surface area (Å²) in [5.41, 5.74) is 2.35. The van der Waals surface area contributed by atoms with Crippen LogP contribution in [0.2, 0.25) is 0 Å². The zero-order valence-electron chi connectivity index (χ0n) is 11.8. The van der Waals surface area contributed by atoms with Crippen molar-refractivity contribution < 1.29 is 8.42 Å². The third-order valence-electron chi connectivity index (χ3n) is 3.24. The third kappa shape index (κ3) is 3.40. The van der Waals surface area contributed by atoms with Crippen LogP contribution in [-0.4, -0.2) is 23.4 Å². The standard InChI is InChI=1S/C16H15N3O2S/c20-22(21,12-14-7-3-1-4-8-14)13-19-16(11-17-18-19)15-9-5-2-6-10-15/h1-11H,12-13H2. The lowest BCUT2D eigenvalue weighted by molar-refractivity contribution is 0.571. The van der Waals surface area contributed by atoms with Crippen LogP contribution in [0.25, 0.3) is 11.3 Å². The number of rotatable bonds is 5. The number of hydrogen-bond acceptors (Lipinski definition) is 4. The Kier molecular flexibility index (Phi) is 4.02. The second-order valence-electron chi connectivity index (χ2n) is 4.99. The molecule has 0 bridgehead atoms. The quantitative estimate of drug-likeness (QED) is 0.726. The molecule has 2 aromatic carbocycles. The smallest absolute Gasteiger partial charge is 0.174 e. The Balaban J connectivity index is 1.83. The largest absolute Gasteiger partial charge is 0.230 e. The van der Waals surface area contributed by atoms with Gasteiger partial charge in [0.2, 0.25) is 0 Å². The van der Waals surface area contributed by atoms with Gasteiger partial charge in [0, 0.05) is 5.56 Å². The number of nitrogens with zero attached hydrogens (tertiary/aromatic N) is 3. The predicted molar refractivity (Wildman–Crippen MR) is 84.5 cm³/mol. The Morgan fingerprint density at radius 3 is 2.23 bits per heavy atom. The number of benzene rings is 2. The first-order valence-electron chi connectivity index (χ1n) is 6.82. The molecule has 22 heavy (non-hydrogen) atoms. The molecule has 0 unspecified atom stereocenters. The van der Waals surface area contributed by atoms with Gasteiger partial charge < -0.3 is 0 Å². The van der Waals surface area contributed by atoms with Gasteiger partial charge in [-0.2, -0.15) is 0 Å². The van der Waals surface area contributed by atoms with Gasteiger partial charge in [0.25, 0.3) is 0 Å². The van der Waals surface area contributed by atoms with E-state index in [4.69, 9.17) is 0 Å². The van der Waals surface area contributed by atoms with E-state index in [2.05, 4.69) is 10.3 Å². The van der Waals surface area contributed by atoms with E-state index in [1.165, 1.54) is 4.68 Å². The molecule has 0 amide bonds. The van der Waals surface area contributed by atoms with E-state index >= 15 is 0 Å². The molecule has 0 aliphatic rings. The van der Waals surface area contributed by atoms with Crippen LogP contribution in [0.5, 0.6) is 0 Å². The van der Waals surface area contributed by atoms with Crippen LogP contribution < -0.4 is 0 Å². The van der Waals surface area contributed by atoms with E-state index < -0.39 is 9.84 Å². The number of sulfone groups is 1. The molecule has 0 aliphatic heterocycles. The number of aromatic nitrogens is 3. The summed E-state index contributed by atoms with van der Waals surface area (Å²) in [7, 11) is -3.33. The molecule has 0 aliphatic carbocycles. The molecule has 0 spiro atoms. The third-order valence-corrected chi connectivity index (χ3v) is 4.65. The molecular weight excluding hydrogens is 298 g/mol. The normalized spacial score (nSPS) is 11.5. The van der Waals surface area contributed by atoms with Gasteiger partial charge in [-0.05, 0) is 5.56 Å². The Bertz CT molecular complexity index is 843. The molecular formula is C16H15N3O2S. The summed E-state index contributed by atoms with van der Waals surface area (Å²) < 4.78 is 26.1. The summed E-state index contributed by atoms with van der Waals surface area (Å²) in [6.45, 7) is 0. The van der Waals surface area contributed by atoms with Crippen LogP contribution in [0, 0.1) is 0 Å². The lowest BCUT2D eigenvalue weighted by Crippen LogP contribution is -2.15. The first kappa shape index (κ1) is 14.5. The molecule has 0 radical (unpaired) electrons. The highest BCUT2D eigenvalue weighted by atomic mass is 32.2. The molecule has 3 aromatic rings. The van der Waals surface area contributed by atoms with Gasteiger partial charge in [0.15, 0.2) is 9.84 Å². The minimum absolute atomic E-state index is 0.0120. The minimum Gasteiger partial charge on any atom is -0.230 e. The predicted octanol–water partition coefficient (Wildman–Crippen LogP) is 2.52. The van der Waals surface area contributed by atoms with Crippen LogP contribution >= 0.6 is 0 Å². The molecule has 0 atom stereocenters. The topological polar surface area (TPSA) is 64.8 Å². The maximum atomic E-state index is 12.4. The van der Waals surface area contributed by atoms with Crippen molar-refractivity contribution >= 4 is 9.84 Å². The van der Waals surface area contributed by atoms with Crippen LogP contribution in [-0.2, 0) is 21.5 Å². The van der Waals surface area contributed by atoms with Crippen molar-refractivity contribution in [2.24, 2.45) is 0 Å². The van der Waals surface area contributed by atoms with Gasteiger partial charge in [-0.1, -0.05) is 65.9 Å². The fourth-order valence-corrected chi connectivity index (χ4v) is 3.60. The van der Waals surface area contributed by atoms with Crippen molar-refractivity contribution in [3.63, 3.8) is 0 Å². The van der Waals surface area contributed by atoms with Crippen LogP contribution in [0.15, 0.2) is 66.9 Å². The van der Waals surface area contributed by atoms with E-state index in [-0.39, 0.29) is 11.6 Å². The van der Waals surface area contributed by atoms with Crippen LogP contribution in [0.4, 0.5) is 0 Å². The highest BCUT2D eigenvalue weighted by Crippen LogP contribution is 2.18. The SMILES string of the molecule is O=S(=O)(Cc1ccccc1)Cn1nncc1-c1ccccc1. The van der Waals surface area contributed by atoms with E-state index in [1.807, 2.05) is 48.5 Å². The van der Waals surface area contributed by atoms with Crippen molar-refractivity contribution in [2.45, 2.75) is 11.6 Å². The van der Waals surface area contributed by atoms with Gasteiger partial charge >= 0.3 is 0 Å². The summed E-state index contributed by atoms with van der Waals surface area (Å²) >= 11 is 0. The fraction of sp³-hybridized carbons (Fsp3) is 0.125. The maximum absolute atomic E-state index is 12.4. The molecule has 112 valence electrons. The molecule has 1 aromatic heterocycles. The molecule has 0 saturated heterocycles. The van der Waals surface area contributed by atoms with Crippen molar-refractivity contribution in [3.05, 3.63) is 72.4 Å². The lowest BCUT2D eigenvalue weighted by atomic mass is 10.2. The zero-order chi connectivity index (χ0) is 15.4. The summed E-state index contributed by atoms with van der Waals surface area (Å²) in [6, 6.07) is 18.6. The van der Waals surface area contributed by atoms with E-state index in [0.29, 0.717) is 5.69 Å². The number of hydrogen-bond donors (Lipinski definition) is 0. The van der Waals surface area contributed by atoms with Crippen LogP contribution in [0.3, 0.4) is 0 Å². The Hall–Kier alpha value is -2.47. The average molecular weight is 313 g/mol. The first-order chi connectivity index (χ1) is 10.6. The van der Waals surface area contributed by atoms with Crippen molar-refractivity contribution in [3.8, 4) is 11.3 Å². The summed E-state index contributed by atoms with van der Waals surface area (Å²) in [6.07, 6.45) is 1.58. The van der Waals surface area contributed by atoms with E-state index in [1.54, 1.807) is 18.3 Å². The van der Waals surface area contributed by atoms with Gasteiger partial charge in [-0.3, -0.25) is 0 Å². The second kappa shape index (κ2) is 6.11. The zero-order valence-corrected chi connectivity index (χ0v) is 12.6. The molecule has 6 heteroatoms. The second-order valence-corrected chi connectivity index (χ2v) is 7.02. The van der Waals surface area contributed by atoms with Crippen LogP contribution in [0.1, 0.15) is 5.56 Å². The molecule has 0 saturated carbocycles. The molecule has 5 nitrogen and oxygen atoms in total. The maximum Gasteiger partial charge on any atom is 0.174 e. The summed E-state index contributed by atoms with van der Waals surface area (Å²) in [5, 5.41) is 7.75. The van der Waals surface area contributed by atoms with E-state index in [9.17, 15) is 8.42 Å². The van der Waals surface area contributed by atoms with E-state index in [0.717, 1.165) is 11.1 Å². The van der Waals surface area contributed by atoms with Crippen molar-refractivity contribution in [1.29, 1.82) is 0 Å². The van der Waals surface area contributed by atoms with Gasteiger partial charge in [-0.25, -0.2) is 13.1 Å². The molecule has 3 rings (SSSR count). The summed E-state index contributed by atoms with van der Waals surface area (Å²) in [4.78, 5) is 0. The van der Waals surface area contributed by atoms with Crippen molar-refractivity contribution in [1.82, 2.24) is 15.0 Å². The summed E-state index contributed by atoms with van der Waals surface area (Å²) in [5.74, 6) is -0.200. The fourth-order valence-electron chi connectivity index (χ4n) is 2.25. The molecule has 0 fully saturated rings. The Morgan fingerprint density at radius 1 is 0.909 bits per heavy atom. The highest BCUT2D eigenvalue weighted by Gasteiger charge is 2.16.